The molecule has 21 heavy (non-hydrogen) atoms. The van der Waals surface area contributed by atoms with Crippen LogP contribution in [0.3, 0.4) is 0 Å². The third kappa shape index (κ3) is 3.23. The summed E-state index contributed by atoms with van der Waals surface area (Å²) < 4.78 is 5.36. The summed E-state index contributed by atoms with van der Waals surface area (Å²) >= 11 is 0. The van der Waals surface area contributed by atoms with E-state index in [1.54, 1.807) is 18.7 Å². The van der Waals surface area contributed by atoms with E-state index in [2.05, 4.69) is 5.32 Å². The topological polar surface area (TPSA) is 107 Å². The standard InChI is InChI=1S/C14H17N3O4/c1-8-9(2)21-13(11(8)5-15)16-12(18)7-17-4-3-10(6-17)14(19)20/h10H,3-4,6-7H2,1-2H3,(H,16,18)(H,19,20). The van der Waals surface area contributed by atoms with E-state index >= 15 is 0 Å². The SMILES string of the molecule is Cc1oc(NC(=O)CN2CCC(C(=O)O)C2)c(C#N)c1C. The van der Waals surface area contributed by atoms with E-state index in [4.69, 9.17) is 14.8 Å². The Labute approximate surface area is 122 Å². The van der Waals surface area contributed by atoms with Gasteiger partial charge in [0.15, 0.2) is 0 Å². The quantitative estimate of drug-likeness (QED) is 0.860. The first-order valence-corrected chi connectivity index (χ1v) is 6.67. The normalized spacial score (nSPS) is 18.4. The van der Waals surface area contributed by atoms with Crippen molar-refractivity contribution in [3.05, 3.63) is 16.9 Å². The lowest BCUT2D eigenvalue weighted by atomic mass is 10.1. The molecule has 1 aliphatic heterocycles. The van der Waals surface area contributed by atoms with E-state index in [1.165, 1.54) is 0 Å². The van der Waals surface area contributed by atoms with Gasteiger partial charge in [-0.05, 0) is 26.8 Å². The molecule has 1 aliphatic rings. The van der Waals surface area contributed by atoms with Gasteiger partial charge in [-0.25, -0.2) is 0 Å². The lowest BCUT2D eigenvalue weighted by molar-refractivity contribution is -0.141. The highest BCUT2D eigenvalue weighted by atomic mass is 16.4. The molecule has 7 heteroatoms. The van der Waals surface area contributed by atoms with Crippen molar-refractivity contribution in [2.45, 2.75) is 20.3 Å². The molecule has 1 aromatic heterocycles. The van der Waals surface area contributed by atoms with Crippen LogP contribution >= 0.6 is 0 Å². The Morgan fingerprint density at radius 1 is 1.52 bits per heavy atom. The lowest BCUT2D eigenvalue weighted by Gasteiger charge is -2.14. The Hall–Kier alpha value is -2.33. The van der Waals surface area contributed by atoms with Crippen LogP contribution in [0.2, 0.25) is 0 Å². The number of nitrogens with one attached hydrogen (secondary N) is 1. The van der Waals surface area contributed by atoms with Crippen molar-refractivity contribution < 1.29 is 19.1 Å². The summed E-state index contributed by atoms with van der Waals surface area (Å²) in [4.78, 5) is 24.6. The molecule has 2 rings (SSSR count). The maximum atomic E-state index is 12.0. The van der Waals surface area contributed by atoms with Gasteiger partial charge in [-0.2, -0.15) is 5.26 Å². The average Bonchev–Trinajstić information content (AvgIpc) is 2.96. The second-order valence-electron chi connectivity index (χ2n) is 5.21. The van der Waals surface area contributed by atoms with E-state index in [1.807, 2.05) is 6.07 Å². The van der Waals surface area contributed by atoms with Crippen LogP contribution < -0.4 is 5.32 Å². The molecule has 1 saturated heterocycles. The minimum atomic E-state index is -0.832. The molecule has 0 aliphatic carbocycles. The van der Waals surface area contributed by atoms with E-state index in [9.17, 15) is 9.59 Å². The van der Waals surface area contributed by atoms with Crippen molar-refractivity contribution in [2.75, 3.05) is 25.0 Å². The Morgan fingerprint density at radius 3 is 2.81 bits per heavy atom. The number of carbonyl (C=O) groups is 2. The number of anilines is 1. The minimum absolute atomic E-state index is 0.0907. The average molecular weight is 291 g/mol. The molecule has 2 N–H and O–H groups in total. The number of aryl methyl sites for hydroxylation is 1. The molecule has 1 amide bonds. The second kappa shape index (κ2) is 5.97. The van der Waals surface area contributed by atoms with Gasteiger partial charge in [0.05, 0.1) is 12.5 Å². The van der Waals surface area contributed by atoms with E-state index in [-0.39, 0.29) is 18.3 Å². The Morgan fingerprint density at radius 2 is 2.24 bits per heavy atom. The summed E-state index contributed by atoms with van der Waals surface area (Å²) in [5.41, 5.74) is 1.03. The van der Waals surface area contributed by atoms with Gasteiger partial charge in [0.25, 0.3) is 0 Å². The lowest BCUT2D eigenvalue weighted by Crippen LogP contribution is -2.32. The molecular weight excluding hydrogens is 274 g/mol. The summed E-state index contributed by atoms with van der Waals surface area (Å²) in [6.45, 7) is 4.51. The van der Waals surface area contributed by atoms with Crippen LogP contribution in [-0.2, 0) is 9.59 Å². The van der Waals surface area contributed by atoms with Crippen LogP contribution in [0, 0.1) is 31.1 Å². The van der Waals surface area contributed by atoms with Crippen LogP contribution in [-0.4, -0.2) is 41.5 Å². The summed E-state index contributed by atoms with van der Waals surface area (Å²) in [6, 6.07) is 2.01. The number of aliphatic carboxylic acids is 1. The Kier molecular flexibility index (Phi) is 4.29. The molecule has 7 nitrogen and oxygen atoms in total. The van der Waals surface area contributed by atoms with Gasteiger partial charge >= 0.3 is 5.97 Å². The summed E-state index contributed by atoms with van der Waals surface area (Å²) in [6.07, 6.45) is 0.547. The Bertz CT molecular complexity index is 614. The van der Waals surface area contributed by atoms with Gasteiger partial charge < -0.3 is 9.52 Å². The fourth-order valence-electron chi connectivity index (χ4n) is 2.40. The van der Waals surface area contributed by atoms with E-state index in [0.717, 1.165) is 0 Å². The highest BCUT2D eigenvalue weighted by molar-refractivity contribution is 5.92. The van der Waals surface area contributed by atoms with Crippen LogP contribution in [0.15, 0.2) is 4.42 Å². The fourth-order valence-corrected chi connectivity index (χ4v) is 2.40. The molecule has 2 heterocycles. The smallest absolute Gasteiger partial charge is 0.307 e. The van der Waals surface area contributed by atoms with Crippen LogP contribution in [0.4, 0.5) is 5.88 Å². The molecule has 112 valence electrons. The minimum Gasteiger partial charge on any atom is -0.481 e. The number of amides is 1. The fraction of sp³-hybridized carbons (Fsp3) is 0.500. The van der Waals surface area contributed by atoms with Crippen molar-refractivity contribution in [3.63, 3.8) is 0 Å². The predicted octanol–water partition coefficient (Wildman–Crippen LogP) is 1.11. The van der Waals surface area contributed by atoms with Crippen molar-refractivity contribution in [2.24, 2.45) is 5.92 Å². The van der Waals surface area contributed by atoms with Crippen LogP contribution in [0.25, 0.3) is 0 Å². The number of hydrogen-bond donors (Lipinski definition) is 2. The third-order valence-corrected chi connectivity index (χ3v) is 3.74. The van der Waals surface area contributed by atoms with Gasteiger partial charge in [-0.15, -0.1) is 0 Å². The van der Waals surface area contributed by atoms with E-state index < -0.39 is 11.9 Å². The highest BCUT2D eigenvalue weighted by Crippen LogP contribution is 2.25. The first kappa shape index (κ1) is 15.1. The van der Waals surface area contributed by atoms with Gasteiger partial charge in [-0.1, -0.05) is 0 Å². The van der Waals surface area contributed by atoms with Crippen molar-refractivity contribution in [1.82, 2.24) is 4.90 Å². The molecule has 0 aromatic carbocycles. The molecular formula is C14H17N3O4. The van der Waals surface area contributed by atoms with Crippen molar-refractivity contribution in [1.29, 1.82) is 5.26 Å². The zero-order valence-corrected chi connectivity index (χ0v) is 12.0. The third-order valence-electron chi connectivity index (χ3n) is 3.74. The number of hydrogen-bond acceptors (Lipinski definition) is 5. The number of carboxylic acid groups (broad SMARTS) is 1. The maximum Gasteiger partial charge on any atom is 0.307 e. The second-order valence-corrected chi connectivity index (χ2v) is 5.21. The zero-order valence-electron chi connectivity index (χ0n) is 12.0. The predicted molar refractivity (Wildman–Crippen MR) is 73.7 cm³/mol. The summed E-state index contributed by atoms with van der Waals surface area (Å²) in [7, 11) is 0. The first-order chi connectivity index (χ1) is 9.92. The monoisotopic (exact) mass is 291 g/mol. The molecule has 1 aromatic rings. The van der Waals surface area contributed by atoms with Gasteiger partial charge in [0.2, 0.25) is 11.8 Å². The molecule has 1 fully saturated rings. The maximum absolute atomic E-state index is 12.0. The van der Waals surface area contributed by atoms with E-state index in [0.29, 0.717) is 36.4 Å². The zero-order chi connectivity index (χ0) is 15.6. The van der Waals surface area contributed by atoms with Crippen LogP contribution in [0.5, 0.6) is 0 Å². The number of rotatable bonds is 4. The first-order valence-electron chi connectivity index (χ1n) is 6.67. The van der Waals surface area contributed by atoms with Gasteiger partial charge in [0.1, 0.15) is 17.4 Å². The number of furan rings is 1. The highest BCUT2D eigenvalue weighted by Gasteiger charge is 2.29. The number of carbonyl (C=O) groups excluding carboxylic acids is 1. The van der Waals surface area contributed by atoms with Crippen LogP contribution in [0.1, 0.15) is 23.3 Å². The summed E-state index contributed by atoms with van der Waals surface area (Å²) in [5, 5.41) is 20.6. The molecule has 0 spiro atoms. The van der Waals surface area contributed by atoms with Crippen molar-refractivity contribution in [3.8, 4) is 6.07 Å². The molecule has 0 radical (unpaired) electrons. The largest absolute Gasteiger partial charge is 0.481 e. The molecule has 0 saturated carbocycles. The molecule has 0 bridgehead atoms. The Balaban J connectivity index is 1.96. The van der Waals surface area contributed by atoms with Gasteiger partial charge in [0, 0.05) is 12.1 Å². The molecule has 1 unspecified atom stereocenters. The number of nitrogens with zero attached hydrogens (tertiary/aromatic N) is 2. The number of nitriles is 1. The summed E-state index contributed by atoms with van der Waals surface area (Å²) in [5.74, 6) is -0.811. The van der Waals surface area contributed by atoms with Gasteiger partial charge in [-0.3, -0.25) is 19.8 Å². The molecule has 1 atom stereocenters. The van der Waals surface area contributed by atoms with Crippen molar-refractivity contribution >= 4 is 17.8 Å². The number of carboxylic acids is 1. The number of likely N-dealkylation sites (tertiary alicyclic amines) is 1.